The number of ether oxygens (including phenoxy) is 2. The van der Waals surface area contributed by atoms with E-state index in [4.69, 9.17) is 4.74 Å². The summed E-state index contributed by atoms with van der Waals surface area (Å²) >= 11 is 1.96. The van der Waals surface area contributed by atoms with E-state index in [2.05, 4.69) is 10.1 Å². The summed E-state index contributed by atoms with van der Waals surface area (Å²) in [5, 5.41) is 2.76. The molecule has 0 spiro atoms. The van der Waals surface area contributed by atoms with Gasteiger partial charge < -0.3 is 14.8 Å². The van der Waals surface area contributed by atoms with Crippen LogP contribution in [0.25, 0.3) is 0 Å². The number of alkyl halides is 1. The van der Waals surface area contributed by atoms with Gasteiger partial charge in [-0.25, -0.2) is 0 Å². The van der Waals surface area contributed by atoms with E-state index in [9.17, 15) is 9.59 Å². The Bertz CT molecular complexity index is 253. The lowest BCUT2D eigenvalue weighted by Crippen LogP contribution is -2.39. The Balaban J connectivity index is 2.26. The minimum absolute atomic E-state index is 0.00821. The van der Waals surface area contributed by atoms with E-state index < -0.39 is 0 Å². The van der Waals surface area contributed by atoms with Crippen molar-refractivity contribution in [1.29, 1.82) is 0 Å². The zero-order chi connectivity index (χ0) is 12.0. The van der Waals surface area contributed by atoms with Crippen LogP contribution < -0.4 is 5.32 Å². The summed E-state index contributed by atoms with van der Waals surface area (Å²) in [5.41, 5.74) is 0. The SMILES string of the molecule is COC(=O)C(I)CNC(=O)C1CCOCC1. The average Bonchev–Trinajstić information content (AvgIpc) is 2.35. The molecule has 0 aromatic carbocycles. The second kappa shape index (κ2) is 7.05. The fraction of sp³-hybridized carbons (Fsp3) is 0.800. The molecule has 1 unspecified atom stereocenters. The van der Waals surface area contributed by atoms with E-state index in [1.807, 2.05) is 22.6 Å². The molecule has 0 bridgehead atoms. The number of hydrogen-bond donors (Lipinski definition) is 1. The minimum Gasteiger partial charge on any atom is -0.468 e. The quantitative estimate of drug-likeness (QED) is 0.460. The lowest BCUT2D eigenvalue weighted by molar-refractivity contribution is -0.139. The number of hydrogen-bond acceptors (Lipinski definition) is 4. The van der Waals surface area contributed by atoms with Crippen LogP contribution in [-0.4, -0.2) is 42.7 Å². The van der Waals surface area contributed by atoms with Gasteiger partial charge in [0, 0.05) is 25.7 Å². The van der Waals surface area contributed by atoms with E-state index in [0.717, 1.165) is 12.8 Å². The van der Waals surface area contributed by atoms with Gasteiger partial charge in [0.1, 0.15) is 3.92 Å². The van der Waals surface area contributed by atoms with Gasteiger partial charge in [-0.05, 0) is 12.8 Å². The number of halogens is 1. The number of carbonyl (C=O) groups is 2. The number of esters is 1. The fourth-order valence-electron chi connectivity index (χ4n) is 1.51. The molecule has 6 heteroatoms. The van der Waals surface area contributed by atoms with Crippen LogP contribution in [0.4, 0.5) is 0 Å². The van der Waals surface area contributed by atoms with E-state index in [1.165, 1.54) is 7.11 Å². The summed E-state index contributed by atoms with van der Waals surface area (Å²) in [6, 6.07) is 0. The summed E-state index contributed by atoms with van der Waals surface area (Å²) in [6.07, 6.45) is 1.52. The van der Waals surface area contributed by atoms with Gasteiger partial charge >= 0.3 is 5.97 Å². The van der Waals surface area contributed by atoms with Crippen LogP contribution >= 0.6 is 22.6 Å². The standard InChI is InChI=1S/C10H16INO4/c1-15-10(14)8(11)6-12-9(13)7-2-4-16-5-3-7/h7-8H,2-6H2,1H3,(H,12,13). The van der Waals surface area contributed by atoms with Crippen molar-refractivity contribution in [3.05, 3.63) is 0 Å². The lowest BCUT2D eigenvalue weighted by Gasteiger charge is -2.21. The largest absolute Gasteiger partial charge is 0.468 e. The van der Waals surface area contributed by atoms with Gasteiger partial charge in [0.05, 0.1) is 7.11 Å². The predicted octanol–water partition coefficient (Wildman–Crippen LogP) is 0.506. The van der Waals surface area contributed by atoms with Crippen LogP contribution in [0.1, 0.15) is 12.8 Å². The summed E-state index contributed by atoms with van der Waals surface area (Å²) in [5.74, 6) is -0.281. The highest BCUT2D eigenvalue weighted by molar-refractivity contribution is 14.1. The third kappa shape index (κ3) is 4.25. The van der Waals surface area contributed by atoms with Crippen LogP contribution in [-0.2, 0) is 19.1 Å². The van der Waals surface area contributed by atoms with Crippen molar-refractivity contribution in [3.8, 4) is 0 Å². The maximum absolute atomic E-state index is 11.7. The molecule has 1 N–H and O–H groups in total. The van der Waals surface area contributed by atoms with Crippen LogP contribution in [0.15, 0.2) is 0 Å². The molecule has 1 aliphatic rings. The molecule has 1 aliphatic heterocycles. The van der Waals surface area contributed by atoms with Crippen molar-refractivity contribution in [2.45, 2.75) is 16.8 Å². The molecule has 5 nitrogen and oxygen atoms in total. The van der Waals surface area contributed by atoms with Crippen LogP contribution in [0.3, 0.4) is 0 Å². The Morgan fingerprint density at radius 1 is 1.50 bits per heavy atom. The van der Waals surface area contributed by atoms with Gasteiger partial charge in [0.2, 0.25) is 5.91 Å². The molecule has 1 atom stereocenters. The Kier molecular flexibility index (Phi) is 6.04. The van der Waals surface area contributed by atoms with Gasteiger partial charge in [0.25, 0.3) is 0 Å². The number of carbonyl (C=O) groups excluding carboxylic acids is 2. The Labute approximate surface area is 108 Å². The van der Waals surface area contributed by atoms with Gasteiger partial charge in [-0.3, -0.25) is 9.59 Å². The first kappa shape index (κ1) is 13.7. The maximum atomic E-state index is 11.7. The Morgan fingerprint density at radius 2 is 2.12 bits per heavy atom. The lowest BCUT2D eigenvalue weighted by atomic mass is 9.99. The monoisotopic (exact) mass is 341 g/mol. The van der Waals surface area contributed by atoms with Crippen molar-refractivity contribution in [2.24, 2.45) is 5.92 Å². The molecule has 0 aliphatic carbocycles. The second-order valence-electron chi connectivity index (χ2n) is 3.62. The van der Waals surface area contributed by atoms with Gasteiger partial charge in [0.15, 0.2) is 0 Å². The summed E-state index contributed by atoms with van der Waals surface area (Å²) in [6.45, 7) is 1.61. The number of methoxy groups -OCH3 is 1. The maximum Gasteiger partial charge on any atom is 0.320 e. The van der Waals surface area contributed by atoms with Crippen LogP contribution in [0.2, 0.25) is 0 Å². The van der Waals surface area contributed by atoms with E-state index >= 15 is 0 Å². The Hall–Kier alpha value is -0.370. The molecule has 1 saturated heterocycles. The molecule has 1 rings (SSSR count). The van der Waals surface area contributed by atoms with Gasteiger partial charge in [-0.15, -0.1) is 0 Å². The molecule has 0 saturated carbocycles. The zero-order valence-corrected chi connectivity index (χ0v) is 11.4. The molecule has 1 amide bonds. The third-order valence-electron chi connectivity index (χ3n) is 2.50. The highest BCUT2D eigenvalue weighted by Gasteiger charge is 2.23. The minimum atomic E-state index is -0.327. The molecule has 0 aromatic heterocycles. The molecular formula is C10H16INO4. The van der Waals surface area contributed by atoms with Crippen molar-refractivity contribution >= 4 is 34.5 Å². The van der Waals surface area contributed by atoms with Gasteiger partial charge in [-0.1, -0.05) is 22.6 Å². The van der Waals surface area contributed by atoms with Crippen molar-refractivity contribution in [3.63, 3.8) is 0 Å². The van der Waals surface area contributed by atoms with Crippen molar-refractivity contribution < 1.29 is 19.1 Å². The molecule has 1 fully saturated rings. The zero-order valence-electron chi connectivity index (χ0n) is 9.20. The molecule has 0 aromatic rings. The van der Waals surface area contributed by atoms with Crippen LogP contribution in [0, 0.1) is 5.92 Å². The molecule has 92 valence electrons. The third-order valence-corrected chi connectivity index (χ3v) is 3.45. The summed E-state index contributed by atoms with van der Waals surface area (Å²) < 4.78 is 9.42. The molecular weight excluding hydrogens is 325 g/mol. The number of rotatable bonds is 4. The Morgan fingerprint density at radius 3 is 2.69 bits per heavy atom. The van der Waals surface area contributed by atoms with E-state index in [0.29, 0.717) is 19.8 Å². The van der Waals surface area contributed by atoms with Crippen LogP contribution in [0.5, 0.6) is 0 Å². The molecule has 1 heterocycles. The smallest absolute Gasteiger partial charge is 0.320 e. The van der Waals surface area contributed by atoms with Gasteiger partial charge in [-0.2, -0.15) is 0 Å². The highest BCUT2D eigenvalue weighted by Crippen LogP contribution is 2.14. The molecule has 0 radical (unpaired) electrons. The summed E-state index contributed by atoms with van der Waals surface area (Å²) in [7, 11) is 1.34. The average molecular weight is 341 g/mol. The number of nitrogens with one attached hydrogen (secondary N) is 1. The van der Waals surface area contributed by atoms with E-state index in [-0.39, 0.29) is 21.7 Å². The molecule has 16 heavy (non-hydrogen) atoms. The first-order valence-electron chi connectivity index (χ1n) is 5.22. The summed E-state index contributed by atoms with van der Waals surface area (Å²) in [4.78, 5) is 22.8. The highest BCUT2D eigenvalue weighted by atomic mass is 127. The van der Waals surface area contributed by atoms with E-state index in [1.54, 1.807) is 0 Å². The predicted molar refractivity (Wildman–Crippen MR) is 66.4 cm³/mol. The first-order chi connectivity index (χ1) is 7.65. The fourth-order valence-corrected chi connectivity index (χ4v) is 1.98. The van der Waals surface area contributed by atoms with Crippen molar-refractivity contribution in [2.75, 3.05) is 26.9 Å². The first-order valence-corrected chi connectivity index (χ1v) is 6.47. The normalized spacial score (nSPS) is 18.9. The second-order valence-corrected chi connectivity index (χ2v) is 5.13. The van der Waals surface area contributed by atoms with Crippen molar-refractivity contribution in [1.82, 2.24) is 5.32 Å². The number of amides is 1. The topological polar surface area (TPSA) is 64.6 Å².